The summed E-state index contributed by atoms with van der Waals surface area (Å²) in [4.78, 5) is 42.5. The number of carbonyl (C=O) groups is 3. The second kappa shape index (κ2) is 15.5. The van der Waals surface area contributed by atoms with E-state index in [1.54, 1.807) is 24.0 Å². The van der Waals surface area contributed by atoms with Crippen LogP contribution in [0.4, 0.5) is 0 Å². The van der Waals surface area contributed by atoms with E-state index in [0.717, 1.165) is 11.1 Å². The second-order valence-electron chi connectivity index (χ2n) is 10.5. The molecule has 0 aliphatic carbocycles. The summed E-state index contributed by atoms with van der Waals surface area (Å²) in [5, 5.41) is 3.05. The fraction of sp³-hybridized carbons (Fsp3) is 0.516. The Morgan fingerprint density at radius 3 is 2.69 bits per heavy atom. The van der Waals surface area contributed by atoms with E-state index >= 15 is 0 Å². The lowest BCUT2D eigenvalue weighted by atomic mass is 10.0. The van der Waals surface area contributed by atoms with E-state index in [0.29, 0.717) is 56.2 Å². The molecule has 0 radical (unpaired) electrons. The largest absolute Gasteiger partial charge is 0.493 e. The van der Waals surface area contributed by atoms with Crippen molar-refractivity contribution in [3.63, 3.8) is 0 Å². The number of nitrogens with one attached hydrogen (secondary N) is 1. The molecule has 1 N–H and O–H groups in total. The highest BCUT2D eigenvalue weighted by Crippen LogP contribution is 2.33. The van der Waals surface area contributed by atoms with E-state index in [2.05, 4.69) is 5.32 Å². The van der Waals surface area contributed by atoms with Crippen LogP contribution in [-0.4, -0.2) is 100 Å². The molecule has 2 aromatic carbocycles. The zero-order valence-corrected chi connectivity index (χ0v) is 24.6. The Labute approximate surface area is 247 Å². The molecule has 11 nitrogen and oxygen atoms in total. The Morgan fingerprint density at radius 2 is 1.90 bits per heavy atom. The maximum Gasteiger partial charge on any atom is 0.248 e. The fourth-order valence-corrected chi connectivity index (χ4v) is 5.22. The smallest absolute Gasteiger partial charge is 0.248 e. The second-order valence-corrected chi connectivity index (χ2v) is 10.5. The first-order valence-electron chi connectivity index (χ1n) is 14.3. The number of aryl methyl sites for hydroxylation is 1. The number of hydrogen-bond donors (Lipinski definition) is 1. The van der Waals surface area contributed by atoms with Crippen molar-refractivity contribution in [3.05, 3.63) is 53.6 Å². The highest BCUT2D eigenvalue weighted by molar-refractivity contribution is 5.85. The highest BCUT2D eigenvalue weighted by Gasteiger charge is 2.34. The normalized spacial score (nSPS) is 20.1. The summed E-state index contributed by atoms with van der Waals surface area (Å²) in [7, 11) is 4.66. The first kappa shape index (κ1) is 31.3. The fourth-order valence-electron chi connectivity index (χ4n) is 5.22. The third-order valence-corrected chi connectivity index (χ3v) is 7.43. The van der Waals surface area contributed by atoms with E-state index in [-0.39, 0.29) is 56.5 Å². The average molecular weight is 584 g/mol. The molecule has 2 aromatic rings. The quantitative estimate of drug-likeness (QED) is 0.495. The van der Waals surface area contributed by atoms with Crippen molar-refractivity contribution in [1.29, 1.82) is 0 Å². The van der Waals surface area contributed by atoms with Crippen molar-refractivity contribution in [2.45, 2.75) is 44.4 Å². The van der Waals surface area contributed by atoms with Gasteiger partial charge in [-0.3, -0.25) is 14.4 Å². The molecule has 3 amide bonds. The van der Waals surface area contributed by atoms with Crippen LogP contribution in [0, 0.1) is 0 Å². The van der Waals surface area contributed by atoms with Crippen LogP contribution < -0.4 is 14.8 Å². The number of rotatable bonds is 7. The molecule has 11 heteroatoms. The minimum Gasteiger partial charge on any atom is -0.493 e. The van der Waals surface area contributed by atoms with Crippen molar-refractivity contribution < 1.29 is 38.1 Å². The number of nitrogens with zero attached hydrogens (tertiary/aromatic N) is 2. The molecule has 2 atom stereocenters. The third kappa shape index (κ3) is 8.67. The van der Waals surface area contributed by atoms with Gasteiger partial charge in [0.1, 0.15) is 12.4 Å². The summed E-state index contributed by atoms with van der Waals surface area (Å²) in [6.07, 6.45) is 1.50. The van der Waals surface area contributed by atoms with Crippen molar-refractivity contribution in [1.82, 2.24) is 15.1 Å². The van der Waals surface area contributed by atoms with Crippen LogP contribution in [0.25, 0.3) is 0 Å². The standard InChI is InChI=1S/C31H41N3O8/c1-38-15-5-13-33-19-29(35)32-25-18-34(31(37)21-39-2)14-12-26(25)41-20-23-6-4-7-24(16-23)42-27-10-8-22(9-11-30(33)36)17-28(27)40-3/h4,6-8,10,16-17,25-26H,5,9,11-15,18-21H2,1-3H3,(H,32,35)/t25-,26+/m0/s1. The van der Waals surface area contributed by atoms with Gasteiger partial charge in [-0.1, -0.05) is 18.2 Å². The zero-order valence-electron chi connectivity index (χ0n) is 24.6. The summed E-state index contributed by atoms with van der Waals surface area (Å²) in [6.45, 7) is 1.78. The van der Waals surface area contributed by atoms with E-state index in [4.69, 9.17) is 23.7 Å². The zero-order chi connectivity index (χ0) is 29.9. The molecular weight excluding hydrogens is 542 g/mol. The predicted octanol–water partition coefficient (Wildman–Crippen LogP) is 2.55. The molecule has 3 aliphatic heterocycles. The van der Waals surface area contributed by atoms with E-state index in [9.17, 15) is 14.4 Å². The number of ether oxygens (including phenoxy) is 5. The molecule has 42 heavy (non-hydrogen) atoms. The van der Waals surface area contributed by atoms with Gasteiger partial charge in [0.25, 0.3) is 0 Å². The van der Waals surface area contributed by atoms with Crippen molar-refractivity contribution in [2.24, 2.45) is 0 Å². The lowest BCUT2D eigenvalue weighted by Crippen LogP contribution is -2.58. The van der Waals surface area contributed by atoms with Gasteiger partial charge in [0.05, 0.1) is 32.4 Å². The lowest BCUT2D eigenvalue weighted by Gasteiger charge is -2.39. The molecule has 0 unspecified atom stereocenters. The van der Waals surface area contributed by atoms with Crippen molar-refractivity contribution >= 4 is 17.7 Å². The maximum absolute atomic E-state index is 13.3. The first-order valence-corrected chi connectivity index (χ1v) is 14.3. The minimum atomic E-state index is -0.455. The number of methoxy groups -OCH3 is 3. The first-order chi connectivity index (χ1) is 20.4. The van der Waals surface area contributed by atoms with Crippen molar-refractivity contribution in [3.8, 4) is 17.2 Å². The summed E-state index contributed by atoms with van der Waals surface area (Å²) in [6, 6.07) is 12.8. The number of likely N-dealkylation sites (tertiary alicyclic amines) is 1. The topological polar surface area (TPSA) is 116 Å². The maximum atomic E-state index is 13.3. The molecule has 4 bridgehead atoms. The van der Waals surface area contributed by atoms with Crippen LogP contribution in [0.1, 0.15) is 30.4 Å². The molecule has 0 saturated carbocycles. The van der Waals surface area contributed by atoms with Gasteiger partial charge in [0.15, 0.2) is 11.5 Å². The van der Waals surface area contributed by atoms with Crippen LogP contribution in [0.2, 0.25) is 0 Å². The molecule has 1 fully saturated rings. The van der Waals surface area contributed by atoms with Gasteiger partial charge in [-0.25, -0.2) is 0 Å². The van der Waals surface area contributed by atoms with E-state index in [1.807, 2.05) is 42.5 Å². The van der Waals surface area contributed by atoms with Crippen LogP contribution in [0.15, 0.2) is 42.5 Å². The molecule has 3 heterocycles. The monoisotopic (exact) mass is 583 g/mol. The van der Waals surface area contributed by atoms with Gasteiger partial charge in [-0.2, -0.15) is 0 Å². The molecule has 3 aliphatic rings. The lowest BCUT2D eigenvalue weighted by molar-refractivity contribution is -0.141. The Hall–Kier alpha value is -3.67. The van der Waals surface area contributed by atoms with Gasteiger partial charge < -0.3 is 38.8 Å². The minimum absolute atomic E-state index is 0.0345. The molecular formula is C31H41N3O8. The van der Waals surface area contributed by atoms with Crippen LogP contribution in [0.5, 0.6) is 17.2 Å². The third-order valence-electron chi connectivity index (χ3n) is 7.43. The number of benzene rings is 2. The Balaban J connectivity index is 1.61. The Bertz CT molecular complexity index is 1220. The summed E-state index contributed by atoms with van der Waals surface area (Å²) < 4.78 is 28.3. The molecule has 5 rings (SSSR count). The predicted molar refractivity (Wildman–Crippen MR) is 154 cm³/mol. The number of amides is 3. The van der Waals surface area contributed by atoms with Gasteiger partial charge in [0.2, 0.25) is 17.7 Å². The molecule has 0 spiro atoms. The van der Waals surface area contributed by atoms with Crippen LogP contribution >= 0.6 is 0 Å². The number of piperidine rings is 1. The number of carbonyl (C=O) groups excluding carboxylic acids is 3. The van der Waals surface area contributed by atoms with Gasteiger partial charge in [-0.05, 0) is 54.7 Å². The van der Waals surface area contributed by atoms with Crippen LogP contribution in [-0.2, 0) is 41.6 Å². The van der Waals surface area contributed by atoms with E-state index < -0.39 is 6.04 Å². The number of hydrogen-bond acceptors (Lipinski definition) is 8. The molecule has 228 valence electrons. The average Bonchev–Trinajstić information content (AvgIpc) is 2.99. The summed E-state index contributed by atoms with van der Waals surface area (Å²) in [5.41, 5.74) is 1.82. The Morgan fingerprint density at radius 1 is 1.05 bits per heavy atom. The van der Waals surface area contributed by atoms with Crippen LogP contribution in [0.3, 0.4) is 0 Å². The summed E-state index contributed by atoms with van der Waals surface area (Å²) in [5.74, 6) is 1.17. The highest BCUT2D eigenvalue weighted by atomic mass is 16.5. The van der Waals surface area contributed by atoms with Crippen molar-refractivity contribution in [2.75, 3.05) is 60.7 Å². The summed E-state index contributed by atoms with van der Waals surface area (Å²) >= 11 is 0. The molecule has 0 aromatic heterocycles. The number of fused-ring (bicyclic) bond motifs is 9. The molecule has 1 saturated heterocycles. The van der Waals surface area contributed by atoms with Gasteiger partial charge in [-0.15, -0.1) is 0 Å². The van der Waals surface area contributed by atoms with E-state index in [1.165, 1.54) is 7.11 Å². The Kier molecular flexibility index (Phi) is 11.6. The van der Waals surface area contributed by atoms with Gasteiger partial charge >= 0.3 is 0 Å². The van der Waals surface area contributed by atoms with Gasteiger partial charge in [0, 0.05) is 46.9 Å². The SMILES string of the molecule is COCCCN1CC(=O)N[C@H]2CN(C(=O)COC)CC[C@H]2OCc2cccc(c2)Oc2ccc(cc2OC)CCC1=O.